The number of hydrogen-bond donors (Lipinski definition) is 1. The van der Waals surface area contributed by atoms with Crippen molar-refractivity contribution in [3.05, 3.63) is 70.8 Å². The Morgan fingerprint density at radius 3 is 2.09 bits per heavy atom. The Balaban J connectivity index is 0.00000259. The Bertz CT molecular complexity index is 1400. The zero-order valence-electron chi connectivity index (χ0n) is 25.3. The second kappa shape index (κ2) is 15.0. The summed E-state index contributed by atoms with van der Waals surface area (Å²) in [5.74, 6) is 0.644. The quantitative estimate of drug-likeness (QED) is 0.197. The molecule has 3 aromatic rings. The van der Waals surface area contributed by atoms with Crippen molar-refractivity contribution < 1.29 is 31.1 Å². The molecule has 1 saturated carbocycles. The van der Waals surface area contributed by atoms with E-state index < -0.39 is 35.9 Å². The molecule has 0 saturated heterocycles. The molecule has 44 heavy (non-hydrogen) atoms. The number of thiocarbonyl (C=S) groups is 1. The molecule has 2 aromatic carbocycles. The molecule has 1 fully saturated rings. The van der Waals surface area contributed by atoms with Crippen molar-refractivity contribution in [3.63, 3.8) is 0 Å². The Morgan fingerprint density at radius 2 is 1.55 bits per heavy atom. The number of carbonyl (C=O) groups is 1. The number of fused-ring (bicyclic) bond motifs is 1. The molecule has 1 aliphatic rings. The van der Waals surface area contributed by atoms with Gasteiger partial charge in [0.25, 0.3) is 0 Å². The summed E-state index contributed by atoms with van der Waals surface area (Å²) in [6.45, 7) is 8.23. The predicted molar refractivity (Wildman–Crippen MR) is 165 cm³/mol. The van der Waals surface area contributed by atoms with E-state index in [1.165, 1.54) is 11.8 Å². The largest absolute Gasteiger partial charge is 0.416 e. The summed E-state index contributed by atoms with van der Waals surface area (Å²) in [6, 6.07) is 10.8. The standard InChI is InChI=1S/C30H32F6N4OS.C2H6/c1-3-39(16-20-8-4-5-9-20)27-23(14-22-10-6-7-11-26(22)38-27)18-40(28(42)37-19(2)41)17-21-12-24(29(31,32)33)15-25(13-21)30(34,35)36;1-2/h6-7,10-15,20H,3-5,8-9,16-18H2,1-2H3,(H,37,41,42);1-2H3. The van der Waals surface area contributed by atoms with Gasteiger partial charge in [0.1, 0.15) is 5.82 Å². The van der Waals surface area contributed by atoms with E-state index in [4.69, 9.17) is 17.2 Å². The van der Waals surface area contributed by atoms with Gasteiger partial charge in [-0.25, -0.2) is 4.98 Å². The zero-order valence-corrected chi connectivity index (χ0v) is 26.1. The first-order valence-corrected chi connectivity index (χ1v) is 15.1. The minimum Gasteiger partial charge on any atom is -0.356 e. The van der Waals surface area contributed by atoms with E-state index >= 15 is 0 Å². The second-order valence-electron chi connectivity index (χ2n) is 10.6. The summed E-state index contributed by atoms with van der Waals surface area (Å²) < 4.78 is 81.4. The number of halogens is 6. The number of aromatic nitrogens is 1. The molecule has 4 rings (SSSR count). The van der Waals surface area contributed by atoms with Crippen LogP contribution in [0.2, 0.25) is 0 Å². The molecule has 240 valence electrons. The summed E-state index contributed by atoms with van der Waals surface area (Å²) in [5.41, 5.74) is -1.65. The number of amides is 1. The van der Waals surface area contributed by atoms with Crippen molar-refractivity contribution in [2.45, 2.75) is 78.8 Å². The Labute approximate surface area is 259 Å². The summed E-state index contributed by atoms with van der Waals surface area (Å²) in [7, 11) is 0. The lowest BCUT2D eigenvalue weighted by atomic mass is 10.0. The smallest absolute Gasteiger partial charge is 0.356 e. The Hall–Kier alpha value is -3.41. The maximum atomic E-state index is 13.6. The van der Waals surface area contributed by atoms with E-state index in [1.807, 2.05) is 51.1 Å². The molecule has 0 unspecified atom stereocenters. The van der Waals surface area contributed by atoms with Crippen LogP contribution in [-0.4, -0.2) is 34.0 Å². The van der Waals surface area contributed by atoms with E-state index in [1.54, 1.807) is 0 Å². The van der Waals surface area contributed by atoms with Crippen LogP contribution in [0, 0.1) is 5.92 Å². The first-order chi connectivity index (χ1) is 20.7. The van der Waals surface area contributed by atoms with Crippen LogP contribution < -0.4 is 10.2 Å². The van der Waals surface area contributed by atoms with Crippen molar-refractivity contribution in [1.29, 1.82) is 0 Å². The monoisotopic (exact) mass is 640 g/mol. The van der Waals surface area contributed by atoms with Crippen LogP contribution >= 0.6 is 12.2 Å². The molecule has 1 amide bonds. The van der Waals surface area contributed by atoms with Gasteiger partial charge in [0, 0.05) is 44.1 Å². The minimum absolute atomic E-state index is 0.00888. The number of rotatable bonds is 8. The topological polar surface area (TPSA) is 48.5 Å². The fourth-order valence-electron chi connectivity index (χ4n) is 5.38. The van der Waals surface area contributed by atoms with Crippen LogP contribution in [0.4, 0.5) is 32.2 Å². The maximum absolute atomic E-state index is 13.6. The van der Waals surface area contributed by atoms with E-state index in [0.717, 1.165) is 43.1 Å². The van der Waals surface area contributed by atoms with Crippen LogP contribution in [0.1, 0.15) is 75.6 Å². The number of para-hydroxylation sites is 1. The molecule has 5 nitrogen and oxygen atoms in total. The lowest BCUT2D eigenvalue weighted by molar-refractivity contribution is -0.143. The first kappa shape index (κ1) is 35.1. The highest BCUT2D eigenvalue weighted by molar-refractivity contribution is 7.80. The number of benzene rings is 2. The number of nitrogens with one attached hydrogen (secondary N) is 1. The molecular formula is C32H38F6N4OS. The van der Waals surface area contributed by atoms with Crippen LogP contribution in [0.15, 0.2) is 48.5 Å². The molecule has 12 heteroatoms. The van der Waals surface area contributed by atoms with Gasteiger partial charge >= 0.3 is 12.4 Å². The third-order valence-electron chi connectivity index (χ3n) is 7.37. The molecule has 1 heterocycles. The number of carbonyl (C=O) groups excluding carboxylic acids is 1. The van der Waals surface area contributed by atoms with Crippen LogP contribution in [0.25, 0.3) is 10.9 Å². The molecule has 0 aliphatic heterocycles. The van der Waals surface area contributed by atoms with Gasteiger partial charge < -0.3 is 15.1 Å². The lowest BCUT2D eigenvalue weighted by Gasteiger charge is -2.31. The molecule has 1 aliphatic carbocycles. The highest BCUT2D eigenvalue weighted by Crippen LogP contribution is 2.37. The SMILES string of the molecule is CC.CCN(CC1CCCC1)c1nc2ccccc2cc1CN(Cc1cc(C(F)(F)F)cc(C(F)(F)F)c1)C(=S)NC(C)=O. The normalized spacial score (nSPS) is 13.8. The van der Waals surface area contributed by atoms with Crippen molar-refractivity contribution in [2.24, 2.45) is 5.92 Å². The molecule has 1 N–H and O–H groups in total. The van der Waals surface area contributed by atoms with Crippen molar-refractivity contribution in [2.75, 3.05) is 18.0 Å². The first-order valence-electron chi connectivity index (χ1n) is 14.7. The number of nitrogens with zero attached hydrogens (tertiary/aromatic N) is 3. The molecule has 1 aromatic heterocycles. The van der Waals surface area contributed by atoms with Crippen molar-refractivity contribution in [1.82, 2.24) is 15.2 Å². The Kier molecular flexibility index (Phi) is 12.0. The maximum Gasteiger partial charge on any atom is 0.416 e. The molecule has 0 atom stereocenters. The van der Waals surface area contributed by atoms with Gasteiger partial charge in [0.05, 0.1) is 16.6 Å². The molecular weight excluding hydrogens is 602 g/mol. The molecule has 0 spiro atoms. The fraction of sp³-hybridized carbons (Fsp3) is 0.469. The summed E-state index contributed by atoms with van der Waals surface area (Å²) in [4.78, 5) is 20.4. The highest BCUT2D eigenvalue weighted by atomic mass is 32.1. The number of hydrogen-bond acceptors (Lipinski definition) is 4. The average Bonchev–Trinajstić information content (AvgIpc) is 3.48. The van der Waals surface area contributed by atoms with E-state index in [0.29, 0.717) is 36.0 Å². The number of anilines is 1. The van der Waals surface area contributed by atoms with Gasteiger partial charge in [-0.2, -0.15) is 26.3 Å². The van der Waals surface area contributed by atoms with Crippen molar-refractivity contribution in [3.8, 4) is 0 Å². The van der Waals surface area contributed by atoms with Crippen LogP contribution in [-0.2, 0) is 30.2 Å². The summed E-state index contributed by atoms with van der Waals surface area (Å²) in [5, 5.41) is 3.17. The van der Waals surface area contributed by atoms with Crippen LogP contribution in [0.5, 0.6) is 0 Å². The van der Waals surface area contributed by atoms with Crippen molar-refractivity contribution >= 4 is 40.0 Å². The average molecular weight is 641 g/mol. The number of pyridine rings is 1. The third-order valence-corrected chi connectivity index (χ3v) is 7.73. The fourth-order valence-corrected chi connectivity index (χ4v) is 5.65. The van der Waals surface area contributed by atoms with Gasteiger partial charge in [-0.15, -0.1) is 0 Å². The minimum atomic E-state index is -4.99. The van der Waals surface area contributed by atoms with E-state index in [2.05, 4.69) is 10.2 Å². The molecule has 0 bridgehead atoms. The van der Waals surface area contributed by atoms with E-state index in [-0.39, 0.29) is 23.3 Å². The second-order valence-corrected chi connectivity index (χ2v) is 11.0. The zero-order chi connectivity index (χ0) is 32.7. The van der Waals surface area contributed by atoms with Gasteiger partial charge in [0.2, 0.25) is 5.91 Å². The van der Waals surface area contributed by atoms with Gasteiger partial charge in [-0.1, -0.05) is 44.9 Å². The number of alkyl halides is 6. The van der Waals surface area contributed by atoms with Gasteiger partial charge in [-0.3, -0.25) is 4.79 Å². The van der Waals surface area contributed by atoms with Gasteiger partial charge in [0.15, 0.2) is 5.11 Å². The van der Waals surface area contributed by atoms with E-state index in [9.17, 15) is 31.1 Å². The summed E-state index contributed by atoms with van der Waals surface area (Å²) >= 11 is 5.43. The summed E-state index contributed by atoms with van der Waals surface area (Å²) in [6.07, 6.45) is -5.44. The lowest BCUT2D eigenvalue weighted by Crippen LogP contribution is -2.41. The van der Waals surface area contributed by atoms with Crippen LogP contribution in [0.3, 0.4) is 0 Å². The Morgan fingerprint density at radius 1 is 0.955 bits per heavy atom. The third kappa shape index (κ3) is 9.30. The predicted octanol–water partition coefficient (Wildman–Crippen LogP) is 8.74. The van der Waals surface area contributed by atoms with Gasteiger partial charge in [-0.05, 0) is 73.8 Å². The molecule has 0 radical (unpaired) electrons. The highest BCUT2D eigenvalue weighted by Gasteiger charge is 2.37.